The van der Waals surface area contributed by atoms with Gasteiger partial charge in [-0.3, -0.25) is 24.0 Å². The van der Waals surface area contributed by atoms with Crippen LogP contribution < -0.4 is 17.0 Å². The van der Waals surface area contributed by atoms with E-state index < -0.39 is 17.0 Å². The van der Waals surface area contributed by atoms with Crippen LogP contribution in [0.15, 0.2) is 32.4 Å². The van der Waals surface area contributed by atoms with E-state index in [1.165, 1.54) is 4.57 Å². The van der Waals surface area contributed by atoms with Crippen molar-refractivity contribution in [2.75, 3.05) is 19.3 Å². The van der Waals surface area contributed by atoms with Gasteiger partial charge in [0.1, 0.15) is 17.1 Å². The van der Waals surface area contributed by atoms with Crippen molar-refractivity contribution >= 4 is 11.6 Å². The summed E-state index contributed by atoms with van der Waals surface area (Å²) in [5.41, 5.74) is 4.51. The second kappa shape index (κ2) is 6.12. The Hall–Kier alpha value is -2.61. The van der Waals surface area contributed by atoms with Gasteiger partial charge in [-0.2, -0.15) is 0 Å². The van der Waals surface area contributed by atoms with Crippen LogP contribution in [0.2, 0.25) is 0 Å². The van der Waals surface area contributed by atoms with Gasteiger partial charge in [-0.25, -0.2) is 4.79 Å². The van der Waals surface area contributed by atoms with Crippen molar-refractivity contribution < 1.29 is 9.21 Å². The highest BCUT2D eigenvalue weighted by Crippen LogP contribution is 2.35. The molecular formula is C16H20N4O4. The van der Waals surface area contributed by atoms with Gasteiger partial charge in [-0.15, -0.1) is 0 Å². The molecule has 0 saturated heterocycles. The molecule has 1 atom stereocenters. The van der Waals surface area contributed by atoms with Crippen LogP contribution in [0.1, 0.15) is 48.0 Å². The zero-order valence-electron chi connectivity index (χ0n) is 13.6. The van der Waals surface area contributed by atoms with Gasteiger partial charge < -0.3 is 10.2 Å². The Morgan fingerprint density at radius 2 is 2.21 bits per heavy atom. The number of carbonyl (C=O) groups is 1. The molecule has 128 valence electrons. The summed E-state index contributed by atoms with van der Waals surface area (Å²) in [6.45, 7) is 1.88. The average molecular weight is 332 g/mol. The summed E-state index contributed by atoms with van der Waals surface area (Å²) in [6.07, 6.45) is 3.20. The van der Waals surface area contributed by atoms with Crippen molar-refractivity contribution in [1.82, 2.24) is 14.5 Å². The van der Waals surface area contributed by atoms with Gasteiger partial charge in [0.05, 0.1) is 18.8 Å². The number of anilines is 1. The Labute approximate surface area is 137 Å². The maximum Gasteiger partial charge on any atom is 0.330 e. The molecule has 0 bridgehead atoms. The molecule has 0 unspecified atom stereocenters. The number of nitrogens with one attached hydrogen (secondary N) is 1. The summed E-state index contributed by atoms with van der Waals surface area (Å²) in [4.78, 5) is 40.5. The van der Waals surface area contributed by atoms with Gasteiger partial charge in [0.2, 0.25) is 0 Å². The lowest BCUT2D eigenvalue weighted by Crippen LogP contribution is -2.38. The second-order valence-electron chi connectivity index (χ2n) is 6.15. The van der Waals surface area contributed by atoms with Crippen LogP contribution in [0.5, 0.6) is 0 Å². The van der Waals surface area contributed by atoms with E-state index in [-0.39, 0.29) is 30.0 Å². The first-order chi connectivity index (χ1) is 11.4. The lowest BCUT2D eigenvalue weighted by molar-refractivity contribution is 0.0916. The van der Waals surface area contributed by atoms with Gasteiger partial charge in [-0.1, -0.05) is 0 Å². The number of aromatic amines is 1. The smallest absolute Gasteiger partial charge is 0.330 e. The number of H-pyrrole nitrogens is 1. The molecule has 0 radical (unpaired) electrons. The van der Waals surface area contributed by atoms with Crippen LogP contribution in [-0.4, -0.2) is 33.8 Å². The van der Waals surface area contributed by atoms with Gasteiger partial charge >= 0.3 is 5.69 Å². The summed E-state index contributed by atoms with van der Waals surface area (Å²) >= 11 is 0. The molecule has 1 aliphatic carbocycles. The Morgan fingerprint density at radius 3 is 2.79 bits per heavy atom. The Balaban J connectivity index is 1.86. The first kappa shape index (κ1) is 16.3. The molecule has 2 aromatic heterocycles. The largest absolute Gasteiger partial charge is 0.468 e. The molecule has 0 aromatic carbocycles. The highest BCUT2D eigenvalue weighted by Gasteiger charge is 2.30. The molecule has 24 heavy (non-hydrogen) atoms. The van der Waals surface area contributed by atoms with Crippen LogP contribution in [0.25, 0.3) is 0 Å². The molecular weight excluding hydrogens is 312 g/mol. The summed E-state index contributed by atoms with van der Waals surface area (Å²) in [5, 5.41) is 0. The molecule has 2 aromatic rings. The van der Waals surface area contributed by atoms with E-state index in [0.717, 1.165) is 18.6 Å². The van der Waals surface area contributed by atoms with Crippen LogP contribution in [0, 0.1) is 0 Å². The number of rotatable bonds is 6. The molecule has 2 heterocycles. The number of nitrogens with two attached hydrogens (primary N) is 1. The molecule has 8 heteroatoms. The zero-order valence-corrected chi connectivity index (χ0v) is 13.6. The monoisotopic (exact) mass is 332 g/mol. The lowest BCUT2D eigenvalue weighted by atomic mass is 10.1. The molecule has 0 spiro atoms. The molecule has 3 N–H and O–H groups in total. The van der Waals surface area contributed by atoms with E-state index in [1.54, 1.807) is 24.3 Å². The number of nitrogen functional groups attached to an aromatic ring is 1. The number of Topliss-reactive ketones (excluding diaryl/α,β-unsaturated/α-hetero) is 1. The number of ketones is 1. The predicted molar refractivity (Wildman–Crippen MR) is 88.1 cm³/mol. The van der Waals surface area contributed by atoms with E-state index in [4.69, 9.17) is 10.2 Å². The first-order valence-electron chi connectivity index (χ1n) is 7.81. The number of furan rings is 1. The van der Waals surface area contributed by atoms with Crippen LogP contribution in [0.3, 0.4) is 0 Å². The van der Waals surface area contributed by atoms with E-state index in [1.807, 2.05) is 13.0 Å². The Morgan fingerprint density at radius 1 is 1.50 bits per heavy atom. The second-order valence-corrected chi connectivity index (χ2v) is 6.15. The number of hydrogen-bond donors (Lipinski definition) is 2. The minimum absolute atomic E-state index is 0.0159. The van der Waals surface area contributed by atoms with Crippen molar-refractivity contribution in [2.24, 2.45) is 0 Å². The van der Waals surface area contributed by atoms with Crippen molar-refractivity contribution in [2.45, 2.75) is 31.8 Å². The van der Waals surface area contributed by atoms with Crippen molar-refractivity contribution in [1.29, 1.82) is 0 Å². The fourth-order valence-electron chi connectivity index (χ4n) is 2.72. The third-order valence-electron chi connectivity index (χ3n) is 4.38. The van der Waals surface area contributed by atoms with Gasteiger partial charge in [-0.05, 0) is 38.9 Å². The molecule has 0 aliphatic heterocycles. The third kappa shape index (κ3) is 2.92. The highest BCUT2D eigenvalue weighted by molar-refractivity contribution is 6.01. The SMILES string of the molecule is C[C@H](c1ccco1)N(C)CC(=O)c1c(N)n(C2CC2)c(=O)[nH]c1=O. The Bertz CT molecular complexity index is 861. The van der Waals surface area contributed by atoms with Gasteiger partial charge in [0.15, 0.2) is 5.78 Å². The Kier molecular flexibility index (Phi) is 4.15. The van der Waals surface area contributed by atoms with E-state index >= 15 is 0 Å². The molecule has 3 rings (SSSR count). The normalized spacial score (nSPS) is 15.6. The first-order valence-corrected chi connectivity index (χ1v) is 7.81. The van der Waals surface area contributed by atoms with Crippen LogP contribution >= 0.6 is 0 Å². The highest BCUT2D eigenvalue weighted by atomic mass is 16.3. The van der Waals surface area contributed by atoms with Crippen LogP contribution in [0.4, 0.5) is 5.82 Å². The number of carbonyl (C=O) groups excluding carboxylic acids is 1. The van der Waals surface area contributed by atoms with Crippen molar-refractivity contribution in [3.63, 3.8) is 0 Å². The predicted octanol–water partition coefficient (Wildman–Crippen LogP) is 0.922. The number of hydrogen-bond acceptors (Lipinski definition) is 6. The third-order valence-corrected chi connectivity index (χ3v) is 4.38. The molecule has 1 aliphatic rings. The standard InChI is InChI=1S/C16H20N4O4/c1-9(12-4-3-7-24-12)19(2)8-11(21)13-14(17)20(10-5-6-10)16(23)18-15(13)22/h3-4,7,9-10H,5-6,8,17H2,1-2H3,(H,18,22,23)/t9-/m1/s1. The number of nitrogens with zero attached hydrogens (tertiary/aromatic N) is 2. The summed E-state index contributed by atoms with van der Waals surface area (Å²) in [5.74, 6) is 0.245. The number of aromatic nitrogens is 2. The summed E-state index contributed by atoms with van der Waals surface area (Å²) in [7, 11) is 1.76. The summed E-state index contributed by atoms with van der Waals surface area (Å²) < 4.78 is 6.64. The van der Waals surface area contributed by atoms with Crippen LogP contribution in [-0.2, 0) is 0 Å². The van der Waals surface area contributed by atoms with Gasteiger partial charge in [0.25, 0.3) is 5.56 Å². The van der Waals surface area contributed by atoms with E-state index in [0.29, 0.717) is 0 Å². The number of likely N-dealkylation sites (N-methyl/N-ethyl adjacent to an activating group) is 1. The molecule has 1 fully saturated rings. The maximum atomic E-state index is 12.6. The van der Waals surface area contributed by atoms with Crippen molar-refractivity contribution in [3.8, 4) is 0 Å². The minimum Gasteiger partial charge on any atom is -0.468 e. The van der Waals surface area contributed by atoms with E-state index in [9.17, 15) is 14.4 Å². The van der Waals surface area contributed by atoms with Crippen molar-refractivity contribution in [3.05, 3.63) is 50.6 Å². The topological polar surface area (TPSA) is 114 Å². The minimum atomic E-state index is -0.738. The van der Waals surface area contributed by atoms with Gasteiger partial charge in [0, 0.05) is 6.04 Å². The maximum absolute atomic E-state index is 12.6. The molecule has 1 saturated carbocycles. The average Bonchev–Trinajstić information content (AvgIpc) is 3.18. The quantitative estimate of drug-likeness (QED) is 0.760. The fourth-order valence-corrected chi connectivity index (χ4v) is 2.72. The molecule has 8 nitrogen and oxygen atoms in total. The fraction of sp³-hybridized carbons (Fsp3) is 0.438. The summed E-state index contributed by atoms with van der Waals surface area (Å²) in [6, 6.07) is 3.43. The molecule has 0 amide bonds. The zero-order chi connectivity index (χ0) is 17.4. The lowest BCUT2D eigenvalue weighted by Gasteiger charge is -2.22. The van der Waals surface area contributed by atoms with E-state index in [2.05, 4.69) is 4.98 Å².